The third-order valence-corrected chi connectivity index (χ3v) is 2.65. The minimum absolute atomic E-state index is 0.0167. The minimum atomic E-state index is -0.524. The van der Waals surface area contributed by atoms with E-state index in [1.54, 1.807) is 11.9 Å². The van der Waals surface area contributed by atoms with Crippen molar-refractivity contribution in [3.05, 3.63) is 0 Å². The predicted molar refractivity (Wildman–Crippen MR) is 68.0 cm³/mol. The van der Waals surface area contributed by atoms with E-state index in [2.05, 4.69) is 10.1 Å². The zero-order valence-electron chi connectivity index (χ0n) is 11.2. The van der Waals surface area contributed by atoms with E-state index in [9.17, 15) is 4.79 Å². The number of hydrogen-bond donors (Lipinski definition) is 2. The number of oxime groups is 1. The standard InChI is InChI=1S/C11H24N4O2/c1-5-9(10(12)13-17)11(16)15(4)8-6-7-14(2)3/h9,17H,5-8H2,1-4H3,(H2,12,13). The topological polar surface area (TPSA) is 82.2 Å². The van der Waals surface area contributed by atoms with E-state index in [1.165, 1.54) is 0 Å². The summed E-state index contributed by atoms with van der Waals surface area (Å²) < 4.78 is 0. The molecule has 0 saturated carbocycles. The fraction of sp³-hybridized carbons (Fsp3) is 0.818. The molecule has 0 spiro atoms. The van der Waals surface area contributed by atoms with Gasteiger partial charge in [-0.25, -0.2) is 0 Å². The van der Waals surface area contributed by atoms with Gasteiger partial charge in [0, 0.05) is 13.6 Å². The van der Waals surface area contributed by atoms with Crippen LogP contribution in [-0.2, 0) is 4.79 Å². The molecular weight excluding hydrogens is 220 g/mol. The third kappa shape index (κ3) is 5.53. The maximum Gasteiger partial charge on any atom is 0.233 e. The fourth-order valence-corrected chi connectivity index (χ4v) is 1.58. The van der Waals surface area contributed by atoms with Crippen LogP contribution in [0.25, 0.3) is 0 Å². The van der Waals surface area contributed by atoms with Crippen molar-refractivity contribution < 1.29 is 10.0 Å². The van der Waals surface area contributed by atoms with Crippen LogP contribution in [0.5, 0.6) is 0 Å². The number of nitrogens with zero attached hydrogens (tertiary/aromatic N) is 3. The lowest BCUT2D eigenvalue weighted by Crippen LogP contribution is -2.40. The Morgan fingerprint density at radius 1 is 1.35 bits per heavy atom. The summed E-state index contributed by atoms with van der Waals surface area (Å²) in [6.45, 7) is 3.44. The highest BCUT2D eigenvalue weighted by Crippen LogP contribution is 2.07. The molecule has 0 heterocycles. The lowest BCUT2D eigenvalue weighted by atomic mass is 10.0. The van der Waals surface area contributed by atoms with Gasteiger partial charge in [-0.3, -0.25) is 4.79 Å². The summed E-state index contributed by atoms with van der Waals surface area (Å²) >= 11 is 0. The average Bonchev–Trinajstić information content (AvgIpc) is 2.28. The molecule has 1 amide bonds. The first-order valence-electron chi connectivity index (χ1n) is 5.81. The van der Waals surface area contributed by atoms with Crippen molar-refractivity contribution in [2.45, 2.75) is 19.8 Å². The second-order valence-electron chi connectivity index (χ2n) is 4.40. The Kier molecular flexibility index (Phi) is 7.29. The third-order valence-electron chi connectivity index (χ3n) is 2.65. The molecule has 0 aromatic carbocycles. The first kappa shape index (κ1) is 15.7. The van der Waals surface area contributed by atoms with Crippen molar-refractivity contribution in [2.24, 2.45) is 16.8 Å². The van der Waals surface area contributed by atoms with E-state index >= 15 is 0 Å². The van der Waals surface area contributed by atoms with Gasteiger partial charge in [0.1, 0.15) is 0 Å². The lowest BCUT2D eigenvalue weighted by Gasteiger charge is -2.22. The summed E-state index contributed by atoms with van der Waals surface area (Å²) in [4.78, 5) is 15.7. The summed E-state index contributed by atoms with van der Waals surface area (Å²) in [5, 5.41) is 11.5. The van der Waals surface area contributed by atoms with Crippen LogP contribution in [0.1, 0.15) is 19.8 Å². The molecule has 0 fully saturated rings. The van der Waals surface area contributed by atoms with Crippen molar-refractivity contribution in [3.63, 3.8) is 0 Å². The summed E-state index contributed by atoms with van der Waals surface area (Å²) in [6.07, 6.45) is 1.44. The van der Waals surface area contributed by atoms with Gasteiger partial charge in [0.25, 0.3) is 0 Å². The molecule has 100 valence electrons. The van der Waals surface area contributed by atoms with Crippen molar-refractivity contribution in [3.8, 4) is 0 Å². The summed E-state index contributed by atoms with van der Waals surface area (Å²) in [7, 11) is 5.73. The van der Waals surface area contributed by atoms with Gasteiger partial charge >= 0.3 is 0 Å². The fourth-order valence-electron chi connectivity index (χ4n) is 1.58. The molecular formula is C11H24N4O2. The van der Waals surface area contributed by atoms with E-state index in [1.807, 2.05) is 21.0 Å². The Morgan fingerprint density at radius 2 is 1.94 bits per heavy atom. The number of nitrogens with two attached hydrogens (primary N) is 1. The summed E-state index contributed by atoms with van der Waals surface area (Å²) in [5.41, 5.74) is 5.49. The van der Waals surface area contributed by atoms with Crippen LogP contribution in [0.2, 0.25) is 0 Å². The summed E-state index contributed by atoms with van der Waals surface area (Å²) in [6, 6.07) is 0. The van der Waals surface area contributed by atoms with E-state index in [-0.39, 0.29) is 11.7 Å². The van der Waals surface area contributed by atoms with Crippen molar-refractivity contribution in [2.75, 3.05) is 34.2 Å². The Morgan fingerprint density at radius 3 is 2.35 bits per heavy atom. The van der Waals surface area contributed by atoms with Gasteiger partial charge < -0.3 is 20.7 Å². The normalized spacial score (nSPS) is 13.8. The first-order chi connectivity index (χ1) is 7.93. The molecule has 0 aromatic rings. The van der Waals surface area contributed by atoms with Crippen LogP contribution >= 0.6 is 0 Å². The van der Waals surface area contributed by atoms with Crippen molar-refractivity contribution in [1.82, 2.24) is 9.80 Å². The molecule has 0 bridgehead atoms. The van der Waals surface area contributed by atoms with Crippen LogP contribution in [0, 0.1) is 5.92 Å². The van der Waals surface area contributed by atoms with Crippen LogP contribution in [0.4, 0.5) is 0 Å². The predicted octanol–water partition coefficient (Wildman–Crippen LogP) is 0.169. The van der Waals surface area contributed by atoms with Crippen LogP contribution < -0.4 is 5.73 Å². The van der Waals surface area contributed by atoms with Gasteiger partial charge in [-0.15, -0.1) is 0 Å². The van der Waals surface area contributed by atoms with Gasteiger partial charge in [0.2, 0.25) is 5.91 Å². The second-order valence-corrected chi connectivity index (χ2v) is 4.40. The monoisotopic (exact) mass is 244 g/mol. The maximum atomic E-state index is 12.0. The van der Waals surface area contributed by atoms with Gasteiger partial charge in [0.15, 0.2) is 5.84 Å². The number of hydrogen-bond acceptors (Lipinski definition) is 4. The van der Waals surface area contributed by atoms with Crippen LogP contribution in [0.15, 0.2) is 5.16 Å². The van der Waals surface area contributed by atoms with Gasteiger partial charge in [-0.1, -0.05) is 12.1 Å². The molecule has 0 aliphatic rings. The quantitative estimate of drug-likeness (QED) is 0.289. The zero-order chi connectivity index (χ0) is 13.4. The Balaban J connectivity index is 4.27. The number of carbonyl (C=O) groups is 1. The number of rotatable bonds is 7. The highest BCUT2D eigenvalue weighted by molar-refractivity contribution is 6.01. The molecule has 0 aliphatic heterocycles. The number of carbonyl (C=O) groups excluding carboxylic acids is 1. The average molecular weight is 244 g/mol. The molecule has 6 nitrogen and oxygen atoms in total. The second kappa shape index (κ2) is 7.89. The van der Waals surface area contributed by atoms with E-state index in [0.717, 1.165) is 13.0 Å². The SMILES string of the molecule is CCC(C(=O)N(C)CCCN(C)C)C(N)=NO. The highest BCUT2D eigenvalue weighted by atomic mass is 16.4. The van der Waals surface area contributed by atoms with Gasteiger partial charge in [0.05, 0.1) is 5.92 Å². The van der Waals surface area contributed by atoms with E-state index in [4.69, 9.17) is 10.9 Å². The minimum Gasteiger partial charge on any atom is -0.409 e. The maximum absolute atomic E-state index is 12.0. The largest absolute Gasteiger partial charge is 0.409 e. The van der Waals surface area contributed by atoms with Gasteiger partial charge in [-0.05, 0) is 33.5 Å². The van der Waals surface area contributed by atoms with Gasteiger partial charge in [-0.2, -0.15) is 0 Å². The smallest absolute Gasteiger partial charge is 0.233 e. The van der Waals surface area contributed by atoms with E-state index < -0.39 is 5.92 Å². The molecule has 3 N–H and O–H groups in total. The molecule has 6 heteroatoms. The molecule has 0 aromatic heterocycles. The van der Waals surface area contributed by atoms with Crippen molar-refractivity contribution in [1.29, 1.82) is 0 Å². The Labute approximate surface area is 103 Å². The molecule has 0 rings (SSSR count). The molecule has 1 unspecified atom stereocenters. The summed E-state index contributed by atoms with van der Waals surface area (Å²) in [5.74, 6) is -0.636. The highest BCUT2D eigenvalue weighted by Gasteiger charge is 2.24. The van der Waals surface area contributed by atoms with Crippen LogP contribution in [-0.4, -0.2) is 61.0 Å². The molecule has 0 saturated heterocycles. The van der Waals surface area contributed by atoms with Crippen molar-refractivity contribution >= 4 is 11.7 Å². The molecule has 0 radical (unpaired) electrons. The van der Waals surface area contributed by atoms with Crippen LogP contribution in [0.3, 0.4) is 0 Å². The Bertz CT molecular complexity index is 266. The zero-order valence-corrected chi connectivity index (χ0v) is 11.2. The molecule has 1 atom stereocenters. The molecule has 0 aliphatic carbocycles. The molecule has 17 heavy (non-hydrogen) atoms. The lowest BCUT2D eigenvalue weighted by molar-refractivity contribution is -0.132. The number of amides is 1. The van der Waals surface area contributed by atoms with E-state index in [0.29, 0.717) is 13.0 Å². The Hall–Kier alpha value is -1.30. The first-order valence-corrected chi connectivity index (χ1v) is 5.81. The number of amidine groups is 1.